The summed E-state index contributed by atoms with van der Waals surface area (Å²) in [6.45, 7) is 3.93. The molecule has 1 amide bonds. The number of hydrogen-bond acceptors (Lipinski definition) is 3. The maximum Gasteiger partial charge on any atom is 0.242 e. The molecule has 0 aromatic carbocycles. The molecule has 3 atom stereocenters. The number of rotatable bonds is 2. The van der Waals surface area contributed by atoms with E-state index in [2.05, 4.69) is 38.1 Å². The van der Waals surface area contributed by atoms with Crippen molar-refractivity contribution in [3.8, 4) is 0 Å². The van der Waals surface area contributed by atoms with Crippen molar-refractivity contribution in [2.45, 2.75) is 18.5 Å². The lowest BCUT2D eigenvalue weighted by Gasteiger charge is -2.13. The number of aromatic nitrogens is 1. The van der Waals surface area contributed by atoms with Gasteiger partial charge in [-0.05, 0) is 34.5 Å². The lowest BCUT2D eigenvalue weighted by Crippen LogP contribution is -2.38. The molecule has 2 heterocycles. The third-order valence-corrected chi connectivity index (χ3v) is 3.76. The molecule has 1 aliphatic heterocycles. The first kappa shape index (κ1) is 10.9. The predicted molar refractivity (Wildman–Crippen MR) is 68.5 cm³/mol. The second-order valence-electron chi connectivity index (χ2n) is 4.45. The maximum atomic E-state index is 11.9. The number of halogens is 1. The quantitative estimate of drug-likeness (QED) is 0.645. The molecule has 1 aliphatic carbocycles. The fourth-order valence-corrected chi connectivity index (χ4v) is 2.64. The SMILES string of the molecule is C=C1[C@H]2N[C@H](C(=O)Nc3cccc(Br)n3)C[C@@H]12. The largest absolute Gasteiger partial charge is 0.309 e. The number of nitrogens with one attached hydrogen (secondary N) is 2. The first-order valence-electron chi connectivity index (χ1n) is 5.53. The van der Waals surface area contributed by atoms with E-state index in [1.807, 2.05) is 12.1 Å². The van der Waals surface area contributed by atoms with Crippen molar-refractivity contribution in [3.63, 3.8) is 0 Å². The lowest BCUT2D eigenvalue weighted by molar-refractivity contribution is -0.118. The highest BCUT2D eigenvalue weighted by Gasteiger charge is 2.51. The van der Waals surface area contributed by atoms with Gasteiger partial charge < -0.3 is 5.32 Å². The van der Waals surface area contributed by atoms with Crippen LogP contribution in [0.15, 0.2) is 35.0 Å². The van der Waals surface area contributed by atoms with Crippen LogP contribution < -0.4 is 10.6 Å². The van der Waals surface area contributed by atoms with Gasteiger partial charge in [0.05, 0.1) is 6.04 Å². The second kappa shape index (κ2) is 3.92. The Kier molecular flexibility index (Phi) is 2.52. The molecule has 2 fully saturated rings. The number of hydrogen-bond donors (Lipinski definition) is 2. The fraction of sp³-hybridized carbons (Fsp3) is 0.333. The van der Waals surface area contributed by atoms with E-state index in [1.165, 1.54) is 5.57 Å². The van der Waals surface area contributed by atoms with E-state index in [0.29, 0.717) is 22.4 Å². The Morgan fingerprint density at radius 1 is 1.59 bits per heavy atom. The summed E-state index contributed by atoms with van der Waals surface area (Å²) in [7, 11) is 0. The van der Waals surface area contributed by atoms with Gasteiger partial charge in [0, 0.05) is 12.0 Å². The molecule has 1 aromatic heterocycles. The van der Waals surface area contributed by atoms with Gasteiger partial charge in [-0.1, -0.05) is 18.2 Å². The summed E-state index contributed by atoms with van der Waals surface area (Å²) in [4.78, 5) is 16.1. The van der Waals surface area contributed by atoms with Gasteiger partial charge in [0.2, 0.25) is 5.91 Å². The zero-order valence-electron chi connectivity index (χ0n) is 9.11. The van der Waals surface area contributed by atoms with Gasteiger partial charge in [-0.3, -0.25) is 10.1 Å². The minimum absolute atomic E-state index is 0.0180. The van der Waals surface area contributed by atoms with Crippen LogP contribution in [-0.4, -0.2) is 23.0 Å². The highest BCUT2D eigenvalue weighted by Crippen LogP contribution is 2.45. The van der Waals surface area contributed by atoms with Crippen LogP contribution in [0.5, 0.6) is 0 Å². The van der Waals surface area contributed by atoms with Gasteiger partial charge in [0.15, 0.2) is 0 Å². The van der Waals surface area contributed by atoms with Crippen LogP contribution in [0.1, 0.15) is 6.42 Å². The van der Waals surface area contributed by atoms with Crippen molar-refractivity contribution >= 4 is 27.7 Å². The molecule has 88 valence electrons. The van der Waals surface area contributed by atoms with Gasteiger partial charge >= 0.3 is 0 Å². The van der Waals surface area contributed by atoms with E-state index in [0.717, 1.165) is 6.42 Å². The summed E-state index contributed by atoms with van der Waals surface area (Å²) >= 11 is 3.27. The van der Waals surface area contributed by atoms with Gasteiger partial charge in [-0.2, -0.15) is 0 Å². The van der Waals surface area contributed by atoms with Crippen LogP contribution in [0.4, 0.5) is 5.82 Å². The first-order chi connectivity index (χ1) is 8.15. The molecule has 0 unspecified atom stereocenters. The monoisotopic (exact) mass is 293 g/mol. The molecule has 17 heavy (non-hydrogen) atoms. The van der Waals surface area contributed by atoms with E-state index >= 15 is 0 Å². The molecule has 2 aliphatic rings. The fourth-order valence-electron chi connectivity index (χ4n) is 2.30. The molecule has 1 saturated heterocycles. The highest BCUT2D eigenvalue weighted by molar-refractivity contribution is 9.10. The van der Waals surface area contributed by atoms with Crippen LogP contribution in [-0.2, 0) is 4.79 Å². The molecule has 2 N–H and O–H groups in total. The van der Waals surface area contributed by atoms with Crippen molar-refractivity contribution in [1.82, 2.24) is 10.3 Å². The van der Waals surface area contributed by atoms with Crippen molar-refractivity contribution in [3.05, 3.63) is 35.0 Å². The molecular weight excluding hydrogens is 282 g/mol. The third kappa shape index (κ3) is 2.00. The third-order valence-electron chi connectivity index (χ3n) is 3.32. The van der Waals surface area contributed by atoms with Crippen molar-refractivity contribution in [1.29, 1.82) is 0 Å². The summed E-state index contributed by atoms with van der Waals surface area (Å²) in [6, 6.07) is 5.69. The standard InChI is InChI=1S/C12H12BrN3O/c1-6-7-5-8(14-11(6)7)12(17)16-10-4-2-3-9(13)15-10/h2-4,7-8,11,14H,1,5H2,(H,15,16,17)/t7-,8-,11+/m0/s1. The topological polar surface area (TPSA) is 54.0 Å². The first-order valence-corrected chi connectivity index (χ1v) is 6.32. The van der Waals surface area contributed by atoms with Crippen molar-refractivity contribution in [2.24, 2.45) is 5.92 Å². The Morgan fingerprint density at radius 2 is 2.41 bits per heavy atom. The Labute approximate surface area is 108 Å². The van der Waals surface area contributed by atoms with Crippen LogP contribution in [0, 0.1) is 5.92 Å². The normalized spacial score (nSPS) is 29.9. The van der Waals surface area contributed by atoms with Crippen molar-refractivity contribution < 1.29 is 4.79 Å². The number of carbonyl (C=O) groups excluding carboxylic acids is 1. The van der Waals surface area contributed by atoms with E-state index < -0.39 is 0 Å². The molecule has 4 nitrogen and oxygen atoms in total. The molecule has 5 heteroatoms. The molecular formula is C12H12BrN3O. The summed E-state index contributed by atoms with van der Waals surface area (Å²) in [5.74, 6) is 1.06. The summed E-state index contributed by atoms with van der Waals surface area (Å²) in [6.07, 6.45) is 0.851. The number of nitrogens with zero attached hydrogens (tertiary/aromatic N) is 1. The Balaban J connectivity index is 1.63. The molecule has 0 spiro atoms. The second-order valence-corrected chi connectivity index (χ2v) is 5.26. The molecule has 1 aromatic rings. The molecule has 1 saturated carbocycles. The molecule has 0 bridgehead atoms. The maximum absolute atomic E-state index is 11.9. The zero-order chi connectivity index (χ0) is 12.0. The van der Waals surface area contributed by atoms with Crippen molar-refractivity contribution in [2.75, 3.05) is 5.32 Å². The summed E-state index contributed by atoms with van der Waals surface area (Å²) < 4.78 is 0.714. The summed E-state index contributed by atoms with van der Waals surface area (Å²) in [5.41, 5.74) is 1.23. The minimum atomic E-state index is -0.115. The number of carbonyl (C=O) groups is 1. The van der Waals surface area contributed by atoms with E-state index in [4.69, 9.17) is 0 Å². The number of piperidine rings is 1. The number of pyridine rings is 1. The van der Waals surface area contributed by atoms with E-state index in [9.17, 15) is 4.79 Å². The average molecular weight is 294 g/mol. The Morgan fingerprint density at radius 3 is 3.06 bits per heavy atom. The van der Waals surface area contributed by atoms with Gasteiger partial charge in [0.1, 0.15) is 10.4 Å². The van der Waals surface area contributed by atoms with Crippen LogP contribution in [0.2, 0.25) is 0 Å². The van der Waals surface area contributed by atoms with Crippen LogP contribution >= 0.6 is 15.9 Å². The Bertz CT molecular complexity index is 488. The van der Waals surface area contributed by atoms with Gasteiger partial charge in [0.25, 0.3) is 0 Å². The Hall–Kier alpha value is -1.20. The summed E-state index contributed by atoms with van der Waals surface area (Å²) in [5, 5.41) is 6.07. The van der Waals surface area contributed by atoms with Gasteiger partial charge in [-0.25, -0.2) is 4.98 Å². The van der Waals surface area contributed by atoms with E-state index in [1.54, 1.807) is 6.07 Å². The lowest BCUT2D eigenvalue weighted by atomic mass is 10.1. The van der Waals surface area contributed by atoms with Gasteiger partial charge in [-0.15, -0.1) is 0 Å². The van der Waals surface area contributed by atoms with E-state index in [-0.39, 0.29) is 11.9 Å². The zero-order valence-corrected chi connectivity index (χ0v) is 10.7. The van der Waals surface area contributed by atoms with Crippen LogP contribution in [0.25, 0.3) is 0 Å². The predicted octanol–water partition coefficient (Wildman–Crippen LogP) is 1.70. The average Bonchev–Trinajstić information content (AvgIpc) is 2.76. The minimum Gasteiger partial charge on any atom is -0.309 e. The highest BCUT2D eigenvalue weighted by atomic mass is 79.9. The smallest absolute Gasteiger partial charge is 0.242 e. The number of amides is 1. The van der Waals surface area contributed by atoms with Crippen LogP contribution in [0.3, 0.4) is 0 Å². The molecule has 0 radical (unpaired) electrons. The number of anilines is 1. The number of fused-ring (bicyclic) bond motifs is 1. The molecule has 3 rings (SSSR count).